The van der Waals surface area contributed by atoms with E-state index in [-0.39, 0.29) is 5.78 Å². The summed E-state index contributed by atoms with van der Waals surface area (Å²) in [5.74, 6) is 0.850. The van der Waals surface area contributed by atoms with E-state index in [0.717, 1.165) is 45.0 Å². The highest BCUT2D eigenvalue weighted by molar-refractivity contribution is 6.30. The predicted molar refractivity (Wildman–Crippen MR) is 137 cm³/mol. The number of hydrogen-bond donors (Lipinski definition) is 3. The van der Waals surface area contributed by atoms with Crippen molar-refractivity contribution in [2.24, 2.45) is 0 Å². The molecule has 170 valence electrons. The summed E-state index contributed by atoms with van der Waals surface area (Å²) in [5.41, 5.74) is 5.67. The lowest BCUT2D eigenvalue weighted by Crippen LogP contribution is -2.30. The molecule has 2 aromatic heterocycles. The summed E-state index contributed by atoms with van der Waals surface area (Å²) < 4.78 is 0. The van der Waals surface area contributed by atoms with E-state index in [2.05, 4.69) is 20.3 Å². The maximum atomic E-state index is 13.7. The molecule has 1 unspecified atom stereocenters. The van der Waals surface area contributed by atoms with E-state index in [4.69, 9.17) is 11.6 Å². The zero-order valence-corrected chi connectivity index (χ0v) is 19.6. The third-order valence-electron chi connectivity index (χ3n) is 5.99. The maximum Gasteiger partial charge on any atom is 0.186 e. The number of halogens is 1. The fraction of sp³-hybridized carbons (Fsp3) is 0.143. The number of imidazole rings is 1. The first-order valence-electron chi connectivity index (χ1n) is 11.3. The Balaban J connectivity index is 1.40. The van der Waals surface area contributed by atoms with Gasteiger partial charge in [-0.25, -0.2) is 4.98 Å². The molecule has 6 heteroatoms. The second-order valence-corrected chi connectivity index (χ2v) is 8.85. The second kappa shape index (κ2) is 9.67. The lowest BCUT2D eigenvalue weighted by atomic mass is 9.96. The van der Waals surface area contributed by atoms with Gasteiger partial charge in [-0.15, -0.1) is 0 Å². The quantitative estimate of drug-likeness (QED) is 0.235. The molecule has 3 aromatic carbocycles. The smallest absolute Gasteiger partial charge is 0.186 e. The number of H-pyrrole nitrogens is 2. The summed E-state index contributed by atoms with van der Waals surface area (Å²) in [6.07, 6.45) is 4.41. The van der Waals surface area contributed by atoms with Gasteiger partial charge in [-0.1, -0.05) is 66.2 Å². The zero-order valence-electron chi connectivity index (χ0n) is 18.8. The van der Waals surface area contributed by atoms with Gasteiger partial charge in [-0.2, -0.15) is 0 Å². The normalized spacial score (nSPS) is 12.2. The van der Waals surface area contributed by atoms with Crippen molar-refractivity contribution in [1.29, 1.82) is 0 Å². The van der Waals surface area contributed by atoms with Crippen LogP contribution >= 0.6 is 11.6 Å². The van der Waals surface area contributed by atoms with Gasteiger partial charge >= 0.3 is 0 Å². The average molecular weight is 469 g/mol. The molecule has 5 aromatic rings. The molecule has 2 heterocycles. The predicted octanol–water partition coefficient (Wildman–Crippen LogP) is 6.28. The molecule has 0 aliphatic heterocycles. The van der Waals surface area contributed by atoms with Crippen LogP contribution in [0.5, 0.6) is 0 Å². The van der Waals surface area contributed by atoms with Gasteiger partial charge in [-0.3, -0.25) is 4.79 Å². The Morgan fingerprint density at radius 3 is 2.59 bits per heavy atom. The van der Waals surface area contributed by atoms with Crippen LogP contribution in [-0.2, 0) is 6.42 Å². The fourth-order valence-electron chi connectivity index (χ4n) is 4.21. The van der Waals surface area contributed by atoms with Gasteiger partial charge in [0.25, 0.3) is 0 Å². The molecule has 0 bridgehead atoms. The number of aromatic amines is 2. The summed E-state index contributed by atoms with van der Waals surface area (Å²) in [5, 5.41) is 5.10. The van der Waals surface area contributed by atoms with Crippen molar-refractivity contribution in [1.82, 2.24) is 20.3 Å². The molecular formula is C28H25ClN4O. The SMILES string of the molecule is Cc1cnc(-c2ccc3c(C(=O)C(NCCc4ccc(Cl)cc4)c4ccccc4)c[nH]c3c2)[nH]1. The number of aromatic nitrogens is 3. The summed E-state index contributed by atoms with van der Waals surface area (Å²) >= 11 is 6.00. The highest BCUT2D eigenvalue weighted by Gasteiger charge is 2.24. The van der Waals surface area contributed by atoms with Gasteiger partial charge in [0.05, 0.1) is 6.04 Å². The van der Waals surface area contributed by atoms with Crippen molar-refractivity contribution in [3.05, 3.63) is 113 Å². The molecule has 5 nitrogen and oxygen atoms in total. The summed E-state index contributed by atoms with van der Waals surface area (Å²) in [7, 11) is 0. The van der Waals surface area contributed by atoms with Crippen LogP contribution in [0.4, 0.5) is 0 Å². The average Bonchev–Trinajstić information content (AvgIpc) is 3.49. The van der Waals surface area contributed by atoms with Crippen molar-refractivity contribution in [2.75, 3.05) is 6.54 Å². The van der Waals surface area contributed by atoms with Crippen LogP contribution in [0.1, 0.15) is 33.2 Å². The molecule has 0 saturated carbocycles. The van der Waals surface area contributed by atoms with E-state index >= 15 is 0 Å². The van der Waals surface area contributed by atoms with Crippen LogP contribution in [-0.4, -0.2) is 27.3 Å². The lowest BCUT2D eigenvalue weighted by Gasteiger charge is -2.18. The van der Waals surface area contributed by atoms with E-state index in [1.54, 1.807) is 6.20 Å². The van der Waals surface area contributed by atoms with Crippen LogP contribution < -0.4 is 5.32 Å². The van der Waals surface area contributed by atoms with E-state index in [0.29, 0.717) is 12.1 Å². The fourth-order valence-corrected chi connectivity index (χ4v) is 4.34. The molecule has 0 amide bonds. The van der Waals surface area contributed by atoms with Gasteiger partial charge in [-0.05, 0) is 42.7 Å². The van der Waals surface area contributed by atoms with E-state index < -0.39 is 6.04 Å². The number of nitrogens with zero attached hydrogens (tertiary/aromatic N) is 1. The molecule has 0 fully saturated rings. The summed E-state index contributed by atoms with van der Waals surface area (Å²) in [6, 6.07) is 23.2. The number of ketones is 1. The first kappa shape index (κ1) is 22.1. The Morgan fingerprint density at radius 2 is 1.85 bits per heavy atom. The van der Waals surface area contributed by atoms with E-state index in [9.17, 15) is 4.79 Å². The second-order valence-electron chi connectivity index (χ2n) is 8.42. The number of nitrogens with one attached hydrogen (secondary N) is 3. The standard InChI is InChI=1S/C28H25ClN4O/c1-18-16-32-28(33-18)21-9-12-23-24(17-31-25(23)15-21)27(34)26(20-5-3-2-4-6-20)30-14-13-19-7-10-22(29)11-8-19/h2-12,15-17,26,30-31H,13-14H2,1H3,(H,32,33). The van der Waals surface area contributed by atoms with E-state index in [1.807, 2.05) is 85.9 Å². The van der Waals surface area contributed by atoms with Crippen LogP contribution in [0.15, 0.2) is 85.2 Å². The minimum absolute atomic E-state index is 0.0372. The topological polar surface area (TPSA) is 73.6 Å². The summed E-state index contributed by atoms with van der Waals surface area (Å²) in [4.78, 5) is 24.7. The third-order valence-corrected chi connectivity index (χ3v) is 6.25. The molecule has 0 radical (unpaired) electrons. The number of rotatable bonds is 8. The molecule has 0 aliphatic carbocycles. The van der Waals surface area contributed by atoms with Crippen molar-refractivity contribution >= 4 is 28.3 Å². The van der Waals surface area contributed by atoms with Crippen molar-refractivity contribution in [3.63, 3.8) is 0 Å². The highest BCUT2D eigenvalue weighted by atomic mass is 35.5. The van der Waals surface area contributed by atoms with Gasteiger partial charge in [0, 0.05) is 51.7 Å². The molecule has 3 N–H and O–H groups in total. The molecule has 34 heavy (non-hydrogen) atoms. The highest BCUT2D eigenvalue weighted by Crippen LogP contribution is 2.28. The molecule has 0 aliphatic rings. The molecule has 1 atom stereocenters. The molecular weight excluding hydrogens is 444 g/mol. The number of carbonyl (C=O) groups is 1. The van der Waals surface area contributed by atoms with Crippen LogP contribution in [0, 0.1) is 6.92 Å². The van der Waals surface area contributed by atoms with E-state index in [1.165, 1.54) is 5.56 Å². The van der Waals surface area contributed by atoms with Gasteiger partial charge in [0.15, 0.2) is 5.78 Å². The Kier molecular flexibility index (Phi) is 6.30. The zero-order chi connectivity index (χ0) is 23.5. The number of aryl methyl sites for hydroxylation is 1. The van der Waals surface area contributed by atoms with Gasteiger partial charge in [0.2, 0.25) is 0 Å². The minimum Gasteiger partial charge on any atom is -0.360 e. The lowest BCUT2D eigenvalue weighted by molar-refractivity contribution is 0.0945. The minimum atomic E-state index is -0.445. The third kappa shape index (κ3) is 4.67. The Bertz CT molecular complexity index is 1420. The number of Topliss-reactive ketones (excluding diaryl/α,β-unsaturated/α-hetero) is 1. The Morgan fingerprint density at radius 1 is 1.06 bits per heavy atom. The Hall–Kier alpha value is -3.67. The maximum absolute atomic E-state index is 13.7. The number of carbonyl (C=O) groups excluding carboxylic acids is 1. The molecule has 5 rings (SSSR count). The first-order valence-corrected chi connectivity index (χ1v) is 11.7. The monoisotopic (exact) mass is 468 g/mol. The largest absolute Gasteiger partial charge is 0.360 e. The Labute approximate surface area is 203 Å². The first-order chi connectivity index (χ1) is 16.6. The van der Waals surface area contributed by atoms with Gasteiger partial charge in [0.1, 0.15) is 5.82 Å². The van der Waals surface area contributed by atoms with Crippen molar-refractivity contribution in [2.45, 2.75) is 19.4 Å². The van der Waals surface area contributed by atoms with Crippen LogP contribution in [0.2, 0.25) is 5.02 Å². The molecule has 0 saturated heterocycles. The van der Waals surface area contributed by atoms with Crippen molar-refractivity contribution in [3.8, 4) is 11.4 Å². The van der Waals surface area contributed by atoms with Crippen molar-refractivity contribution < 1.29 is 4.79 Å². The summed E-state index contributed by atoms with van der Waals surface area (Å²) in [6.45, 7) is 2.64. The van der Waals surface area contributed by atoms with Crippen LogP contribution in [0.3, 0.4) is 0 Å². The molecule has 0 spiro atoms. The number of hydrogen-bond acceptors (Lipinski definition) is 3. The number of benzene rings is 3. The van der Waals surface area contributed by atoms with Crippen LogP contribution in [0.25, 0.3) is 22.3 Å². The number of fused-ring (bicyclic) bond motifs is 1. The van der Waals surface area contributed by atoms with Gasteiger partial charge < -0.3 is 15.3 Å².